The maximum absolute atomic E-state index is 12.2. The molecule has 0 fully saturated rings. The van der Waals surface area contributed by atoms with Gasteiger partial charge in [-0.1, -0.05) is 0 Å². The quantitative estimate of drug-likeness (QED) is 0.565. The van der Waals surface area contributed by atoms with Crippen molar-refractivity contribution in [1.82, 2.24) is 34.3 Å². The second-order valence-corrected chi connectivity index (χ2v) is 6.58. The molecular weight excluding hydrogens is 338 g/mol. The van der Waals surface area contributed by atoms with Crippen molar-refractivity contribution in [2.75, 3.05) is 13.2 Å². The summed E-state index contributed by atoms with van der Waals surface area (Å²) in [5.74, 6) is 1.01. The molecule has 0 saturated heterocycles. The summed E-state index contributed by atoms with van der Waals surface area (Å²) in [7, 11) is 0. The first-order valence-corrected chi connectivity index (χ1v) is 8.56. The van der Waals surface area contributed by atoms with Crippen LogP contribution in [-0.2, 0) is 19.6 Å². The van der Waals surface area contributed by atoms with Crippen LogP contribution in [0, 0.1) is 6.92 Å². The van der Waals surface area contributed by atoms with Gasteiger partial charge in [0.05, 0.1) is 23.7 Å². The minimum Gasteiger partial charge on any atom is -0.393 e. The van der Waals surface area contributed by atoms with Gasteiger partial charge in [-0.3, -0.25) is 19.5 Å². The van der Waals surface area contributed by atoms with E-state index < -0.39 is 6.10 Å². The zero-order valence-electron chi connectivity index (χ0n) is 14.5. The standard InChI is InChI=1S/C16H21N7O3/c1-10-17-16-18-11(5-15(26)23(16)19-10)7-21-3-2-4-22-12(8-21)6-13(20-22)14(25)9-24/h5-6,14,24-25H,2-4,7-9H2,1H3,(H,17,18,19)/t14-/m0/s1. The fourth-order valence-corrected chi connectivity index (χ4v) is 3.29. The fraction of sp³-hybridized carbons (Fsp3) is 0.500. The SMILES string of the molecule is Cc1nc2nc(CN3CCCn4nc([C@@H](O)CO)cc4C3)cc(=O)n2[nH]1. The van der Waals surface area contributed by atoms with Gasteiger partial charge >= 0.3 is 0 Å². The van der Waals surface area contributed by atoms with Crippen LogP contribution in [0.3, 0.4) is 0 Å². The van der Waals surface area contributed by atoms with E-state index >= 15 is 0 Å². The predicted molar refractivity (Wildman–Crippen MR) is 91.3 cm³/mol. The fourth-order valence-electron chi connectivity index (χ4n) is 3.29. The van der Waals surface area contributed by atoms with Gasteiger partial charge in [0.2, 0.25) is 0 Å². The van der Waals surface area contributed by atoms with Crippen molar-refractivity contribution in [2.45, 2.75) is 39.1 Å². The zero-order valence-corrected chi connectivity index (χ0v) is 14.5. The first kappa shape index (κ1) is 16.9. The van der Waals surface area contributed by atoms with Crippen LogP contribution < -0.4 is 5.56 Å². The first-order valence-electron chi connectivity index (χ1n) is 8.56. The predicted octanol–water partition coefficient (Wildman–Crippen LogP) is -0.646. The van der Waals surface area contributed by atoms with Crippen LogP contribution >= 0.6 is 0 Å². The highest BCUT2D eigenvalue weighted by Gasteiger charge is 2.20. The number of nitrogens with zero attached hydrogens (tertiary/aromatic N) is 6. The highest BCUT2D eigenvalue weighted by atomic mass is 16.3. The number of hydrogen-bond donors (Lipinski definition) is 3. The third-order valence-electron chi connectivity index (χ3n) is 4.51. The largest absolute Gasteiger partial charge is 0.393 e. The lowest BCUT2D eigenvalue weighted by Crippen LogP contribution is -2.25. The number of nitrogens with one attached hydrogen (secondary N) is 1. The average Bonchev–Trinajstić information content (AvgIpc) is 3.12. The van der Waals surface area contributed by atoms with E-state index in [4.69, 9.17) is 5.11 Å². The van der Waals surface area contributed by atoms with E-state index in [1.165, 1.54) is 10.6 Å². The molecule has 0 bridgehead atoms. The second kappa shape index (κ2) is 6.63. The van der Waals surface area contributed by atoms with Crippen molar-refractivity contribution >= 4 is 5.78 Å². The monoisotopic (exact) mass is 359 g/mol. The number of rotatable bonds is 4. The van der Waals surface area contributed by atoms with Crippen molar-refractivity contribution in [3.8, 4) is 0 Å². The smallest absolute Gasteiger partial charge is 0.274 e. The number of H-pyrrole nitrogens is 1. The highest BCUT2D eigenvalue weighted by molar-refractivity contribution is 5.27. The first-order chi connectivity index (χ1) is 12.5. The Morgan fingerprint density at radius 2 is 2.15 bits per heavy atom. The van der Waals surface area contributed by atoms with E-state index in [-0.39, 0.29) is 12.2 Å². The summed E-state index contributed by atoms with van der Waals surface area (Å²) < 4.78 is 3.20. The van der Waals surface area contributed by atoms with E-state index in [2.05, 4.69) is 25.1 Å². The van der Waals surface area contributed by atoms with Crippen LogP contribution in [0.4, 0.5) is 0 Å². The van der Waals surface area contributed by atoms with Crippen LogP contribution in [0.5, 0.6) is 0 Å². The number of hydrogen-bond acceptors (Lipinski definition) is 7. The van der Waals surface area contributed by atoms with Crippen molar-refractivity contribution in [3.63, 3.8) is 0 Å². The summed E-state index contributed by atoms with van der Waals surface area (Å²) in [6.45, 7) is 4.19. The summed E-state index contributed by atoms with van der Waals surface area (Å²) in [5.41, 5.74) is 1.94. The van der Waals surface area contributed by atoms with E-state index in [0.29, 0.717) is 36.1 Å². The third-order valence-corrected chi connectivity index (χ3v) is 4.51. The Balaban J connectivity index is 1.57. The molecular formula is C16H21N7O3. The Morgan fingerprint density at radius 3 is 2.96 bits per heavy atom. The van der Waals surface area contributed by atoms with E-state index in [1.807, 2.05) is 10.7 Å². The molecule has 0 spiro atoms. The van der Waals surface area contributed by atoms with Crippen LogP contribution in [-0.4, -0.2) is 57.6 Å². The van der Waals surface area contributed by atoms with Crippen molar-refractivity contribution < 1.29 is 10.2 Å². The van der Waals surface area contributed by atoms with Gasteiger partial charge in [-0.05, 0) is 19.4 Å². The highest BCUT2D eigenvalue weighted by Crippen LogP contribution is 2.19. The Hall–Kier alpha value is -2.56. The lowest BCUT2D eigenvalue weighted by Gasteiger charge is -2.18. The molecule has 1 atom stereocenters. The van der Waals surface area contributed by atoms with Gasteiger partial charge in [0.15, 0.2) is 0 Å². The molecule has 1 aliphatic rings. The van der Waals surface area contributed by atoms with Crippen molar-refractivity contribution in [1.29, 1.82) is 0 Å². The van der Waals surface area contributed by atoms with Gasteiger partial charge in [0.1, 0.15) is 11.9 Å². The molecule has 0 unspecified atom stereocenters. The minimum absolute atomic E-state index is 0.182. The lowest BCUT2D eigenvalue weighted by molar-refractivity contribution is 0.0916. The van der Waals surface area contributed by atoms with Crippen LogP contribution in [0.2, 0.25) is 0 Å². The molecule has 4 rings (SSSR count). The molecule has 10 heteroatoms. The number of aliphatic hydroxyl groups excluding tert-OH is 2. The van der Waals surface area contributed by atoms with Crippen LogP contribution in [0.15, 0.2) is 16.9 Å². The molecule has 0 aromatic carbocycles. The molecule has 138 valence electrons. The molecule has 0 amide bonds. The molecule has 3 aromatic rings. The van der Waals surface area contributed by atoms with Crippen LogP contribution in [0.1, 0.15) is 35.4 Å². The Kier molecular flexibility index (Phi) is 4.31. The minimum atomic E-state index is -0.963. The summed E-state index contributed by atoms with van der Waals surface area (Å²) in [6, 6.07) is 3.34. The molecule has 0 radical (unpaired) electrons. The second-order valence-electron chi connectivity index (χ2n) is 6.58. The number of aromatic nitrogens is 6. The van der Waals surface area contributed by atoms with E-state index in [9.17, 15) is 9.90 Å². The van der Waals surface area contributed by atoms with Gasteiger partial charge in [0, 0.05) is 32.2 Å². The van der Waals surface area contributed by atoms with E-state index in [1.54, 1.807) is 6.92 Å². The summed E-state index contributed by atoms with van der Waals surface area (Å²) in [4.78, 5) is 23.1. The number of fused-ring (bicyclic) bond motifs is 2. The number of aryl methyl sites for hydroxylation is 2. The average molecular weight is 359 g/mol. The molecule has 10 nitrogen and oxygen atoms in total. The Labute approximate surface area is 148 Å². The molecule has 0 aliphatic carbocycles. The summed E-state index contributed by atoms with van der Waals surface area (Å²) >= 11 is 0. The lowest BCUT2D eigenvalue weighted by atomic mass is 10.2. The molecule has 3 aromatic heterocycles. The maximum Gasteiger partial charge on any atom is 0.274 e. The normalized spacial score (nSPS) is 16.6. The van der Waals surface area contributed by atoms with Gasteiger partial charge in [0.25, 0.3) is 11.3 Å². The Bertz CT molecular complexity index is 990. The number of aliphatic hydroxyl groups is 2. The molecule has 1 aliphatic heterocycles. The van der Waals surface area contributed by atoms with Gasteiger partial charge in [-0.25, -0.2) is 4.98 Å². The maximum atomic E-state index is 12.2. The zero-order chi connectivity index (χ0) is 18.3. The van der Waals surface area contributed by atoms with Crippen LogP contribution in [0.25, 0.3) is 5.78 Å². The topological polar surface area (TPSA) is 125 Å². The molecule has 3 N–H and O–H groups in total. The third kappa shape index (κ3) is 3.14. The van der Waals surface area contributed by atoms with Gasteiger partial charge in [-0.15, -0.1) is 0 Å². The molecule has 0 saturated carbocycles. The summed E-state index contributed by atoms with van der Waals surface area (Å²) in [5, 5.41) is 26.1. The Morgan fingerprint density at radius 1 is 1.31 bits per heavy atom. The van der Waals surface area contributed by atoms with Crippen molar-refractivity contribution in [3.05, 3.63) is 45.4 Å². The van der Waals surface area contributed by atoms with Gasteiger partial charge in [-0.2, -0.15) is 14.6 Å². The van der Waals surface area contributed by atoms with Gasteiger partial charge < -0.3 is 10.2 Å². The summed E-state index contributed by atoms with van der Waals surface area (Å²) in [6.07, 6.45) is -0.0681. The number of aromatic amines is 1. The molecule has 4 heterocycles. The van der Waals surface area contributed by atoms with Crippen molar-refractivity contribution in [2.24, 2.45) is 0 Å². The van der Waals surface area contributed by atoms with E-state index in [0.717, 1.165) is 25.2 Å². The molecule has 26 heavy (non-hydrogen) atoms.